The van der Waals surface area contributed by atoms with E-state index in [4.69, 9.17) is 4.74 Å². The molecule has 4 rings (SSSR count). The second-order valence-electron chi connectivity index (χ2n) is 9.04. The smallest absolute Gasteiger partial charge is 0.225 e. The molecule has 2 aliphatic heterocycles. The van der Waals surface area contributed by atoms with E-state index in [2.05, 4.69) is 22.4 Å². The lowest BCUT2D eigenvalue weighted by atomic mass is 9.71. The molecule has 2 aromatic rings. The Balaban J connectivity index is 1.33. The predicted octanol–water partition coefficient (Wildman–Crippen LogP) is 3.02. The number of nitrogens with zero attached hydrogens (tertiary/aromatic N) is 2. The van der Waals surface area contributed by atoms with Crippen LogP contribution in [-0.4, -0.2) is 54.5 Å². The molecule has 6 heteroatoms. The first-order chi connectivity index (χ1) is 15.7. The average molecular weight is 436 g/mol. The van der Waals surface area contributed by atoms with Crippen molar-refractivity contribution < 1.29 is 14.3 Å². The monoisotopic (exact) mass is 435 g/mol. The van der Waals surface area contributed by atoms with Gasteiger partial charge in [-0.15, -0.1) is 0 Å². The fourth-order valence-electron chi connectivity index (χ4n) is 5.05. The van der Waals surface area contributed by atoms with Crippen LogP contribution < -0.4 is 5.32 Å². The Hall–Kier alpha value is -2.73. The van der Waals surface area contributed by atoms with Gasteiger partial charge in [0.15, 0.2) is 0 Å². The van der Waals surface area contributed by atoms with Gasteiger partial charge in [-0.1, -0.05) is 30.3 Å². The van der Waals surface area contributed by atoms with Gasteiger partial charge < -0.3 is 15.0 Å². The summed E-state index contributed by atoms with van der Waals surface area (Å²) in [5, 5.41) is 3.13. The molecule has 2 aliphatic rings. The molecule has 2 amide bonds. The van der Waals surface area contributed by atoms with E-state index in [0.29, 0.717) is 39.3 Å². The van der Waals surface area contributed by atoms with Gasteiger partial charge in [0.05, 0.1) is 5.92 Å². The first kappa shape index (κ1) is 22.5. The number of aromatic nitrogens is 1. The summed E-state index contributed by atoms with van der Waals surface area (Å²) in [7, 11) is 0. The summed E-state index contributed by atoms with van der Waals surface area (Å²) >= 11 is 0. The summed E-state index contributed by atoms with van der Waals surface area (Å²) in [5.41, 5.74) is 2.26. The lowest BCUT2D eigenvalue weighted by molar-refractivity contribution is -0.131. The van der Waals surface area contributed by atoms with Crippen LogP contribution in [0, 0.1) is 11.3 Å². The highest BCUT2D eigenvalue weighted by atomic mass is 16.5. The Morgan fingerprint density at radius 1 is 1.03 bits per heavy atom. The molecule has 32 heavy (non-hydrogen) atoms. The van der Waals surface area contributed by atoms with Gasteiger partial charge in [0.2, 0.25) is 11.8 Å². The fraction of sp³-hybridized carbons (Fsp3) is 0.500. The number of ether oxygens (including phenoxy) is 1. The number of hydrogen-bond acceptors (Lipinski definition) is 4. The van der Waals surface area contributed by atoms with Crippen molar-refractivity contribution in [1.29, 1.82) is 0 Å². The summed E-state index contributed by atoms with van der Waals surface area (Å²) in [6.07, 6.45) is 8.25. The molecule has 2 saturated heterocycles. The van der Waals surface area contributed by atoms with Crippen LogP contribution in [0.5, 0.6) is 0 Å². The Bertz CT molecular complexity index is 882. The molecule has 1 N–H and O–H groups in total. The number of aryl methyl sites for hydroxylation is 1. The summed E-state index contributed by atoms with van der Waals surface area (Å²) < 4.78 is 5.59. The first-order valence-electron chi connectivity index (χ1n) is 11.7. The average Bonchev–Trinajstić information content (AvgIpc) is 3.19. The van der Waals surface area contributed by atoms with Crippen LogP contribution in [-0.2, 0) is 27.2 Å². The second-order valence-corrected chi connectivity index (χ2v) is 9.04. The second kappa shape index (κ2) is 10.7. The lowest BCUT2D eigenvalue weighted by Crippen LogP contribution is -2.44. The van der Waals surface area contributed by atoms with E-state index in [-0.39, 0.29) is 23.1 Å². The summed E-state index contributed by atoms with van der Waals surface area (Å²) in [5.74, 6) is 0.0707. The number of rotatable bonds is 8. The molecule has 6 nitrogen and oxygen atoms in total. The van der Waals surface area contributed by atoms with Crippen molar-refractivity contribution in [3.63, 3.8) is 0 Å². The highest BCUT2D eigenvalue weighted by Gasteiger charge is 2.51. The third-order valence-electron chi connectivity index (χ3n) is 6.97. The van der Waals surface area contributed by atoms with Crippen LogP contribution >= 0.6 is 0 Å². The number of pyridine rings is 1. The van der Waals surface area contributed by atoms with Gasteiger partial charge in [0, 0.05) is 57.1 Å². The predicted molar refractivity (Wildman–Crippen MR) is 123 cm³/mol. The first-order valence-corrected chi connectivity index (χ1v) is 11.7. The molecule has 0 bridgehead atoms. The molecule has 0 saturated carbocycles. The van der Waals surface area contributed by atoms with Crippen LogP contribution in [0.15, 0.2) is 54.9 Å². The summed E-state index contributed by atoms with van der Waals surface area (Å²) in [6, 6.07) is 14.2. The van der Waals surface area contributed by atoms with Gasteiger partial charge in [-0.25, -0.2) is 0 Å². The van der Waals surface area contributed by atoms with Crippen LogP contribution in [0.3, 0.4) is 0 Å². The van der Waals surface area contributed by atoms with Gasteiger partial charge in [-0.3, -0.25) is 14.6 Å². The molecule has 1 unspecified atom stereocenters. The Labute approximate surface area is 190 Å². The van der Waals surface area contributed by atoms with Gasteiger partial charge in [0.25, 0.3) is 0 Å². The highest BCUT2D eigenvalue weighted by molar-refractivity contribution is 5.83. The van der Waals surface area contributed by atoms with Gasteiger partial charge in [-0.05, 0) is 55.4 Å². The van der Waals surface area contributed by atoms with Crippen molar-refractivity contribution in [2.24, 2.45) is 11.3 Å². The van der Waals surface area contributed by atoms with E-state index in [1.54, 1.807) is 12.4 Å². The quantitative estimate of drug-likeness (QED) is 0.692. The van der Waals surface area contributed by atoms with Crippen LogP contribution in [0.4, 0.5) is 0 Å². The van der Waals surface area contributed by atoms with Gasteiger partial charge >= 0.3 is 0 Å². The highest BCUT2D eigenvalue weighted by Crippen LogP contribution is 2.44. The van der Waals surface area contributed by atoms with Crippen LogP contribution in [0.25, 0.3) is 0 Å². The number of carbonyl (C=O) groups is 2. The number of benzene rings is 1. The van der Waals surface area contributed by atoms with E-state index in [1.807, 2.05) is 35.2 Å². The van der Waals surface area contributed by atoms with Crippen molar-refractivity contribution in [2.45, 2.75) is 38.5 Å². The van der Waals surface area contributed by atoms with E-state index in [9.17, 15) is 9.59 Å². The molecule has 0 aliphatic carbocycles. The number of amides is 2. The maximum absolute atomic E-state index is 13.2. The molecule has 1 atom stereocenters. The summed E-state index contributed by atoms with van der Waals surface area (Å²) in [6.45, 7) is 3.11. The van der Waals surface area contributed by atoms with E-state index >= 15 is 0 Å². The zero-order chi connectivity index (χ0) is 22.2. The molecule has 3 heterocycles. The SMILES string of the molecule is O=C(NCCc1ccncc1)C1CN(C(=O)CCCc2ccccc2)CC12CCOCC2. The molecule has 170 valence electrons. The molecule has 2 fully saturated rings. The zero-order valence-corrected chi connectivity index (χ0v) is 18.7. The minimum absolute atomic E-state index is 0.0699. The maximum Gasteiger partial charge on any atom is 0.225 e. The van der Waals surface area contributed by atoms with Crippen molar-refractivity contribution in [2.75, 3.05) is 32.8 Å². The Morgan fingerprint density at radius 2 is 1.75 bits per heavy atom. The molecular formula is C26H33N3O3. The summed E-state index contributed by atoms with van der Waals surface area (Å²) in [4.78, 5) is 32.1. The van der Waals surface area contributed by atoms with Crippen molar-refractivity contribution in [1.82, 2.24) is 15.2 Å². The van der Waals surface area contributed by atoms with Crippen LogP contribution in [0.2, 0.25) is 0 Å². The van der Waals surface area contributed by atoms with Gasteiger partial charge in [-0.2, -0.15) is 0 Å². The largest absolute Gasteiger partial charge is 0.381 e. The topological polar surface area (TPSA) is 71.5 Å². The minimum atomic E-state index is -0.165. The van der Waals surface area contributed by atoms with Crippen LogP contribution in [0.1, 0.15) is 36.8 Å². The molecule has 1 aromatic heterocycles. The van der Waals surface area contributed by atoms with Crippen molar-refractivity contribution in [3.05, 3.63) is 66.0 Å². The normalized spacial score (nSPS) is 19.8. The van der Waals surface area contributed by atoms with Gasteiger partial charge in [0.1, 0.15) is 0 Å². The number of nitrogens with one attached hydrogen (secondary N) is 1. The maximum atomic E-state index is 13.2. The standard InChI is InChI=1S/C26H33N3O3/c30-24(8-4-7-21-5-2-1-3-6-21)29-19-23(26(20-29)12-17-32-18-13-26)25(31)28-16-11-22-9-14-27-15-10-22/h1-3,5-6,9-10,14-15,23H,4,7-8,11-13,16-20H2,(H,28,31). The fourth-order valence-corrected chi connectivity index (χ4v) is 5.05. The lowest BCUT2D eigenvalue weighted by Gasteiger charge is -2.37. The third-order valence-corrected chi connectivity index (χ3v) is 6.97. The molecule has 1 spiro atoms. The molecule has 0 radical (unpaired) electrons. The number of carbonyl (C=O) groups excluding carboxylic acids is 2. The van der Waals surface area contributed by atoms with Crippen molar-refractivity contribution >= 4 is 11.8 Å². The minimum Gasteiger partial charge on any atom is -0.381 e. The molecular weight excluding hydrogens is 402 g/mol. The van der Waals surface area contributed by atoms with E-state index in [0.717, 1.165) is 37.7 Å². The Morgan fingerprint density at radius 3 is 2.50 bits per heavy atom. The zero-order valence-electron chi connectivity index (χ0n) is 18.7. The third kappa shape index (κ3) is 5.54. The number of hydrogen-bond donors (Lipinski definition) is 1. The van der Waals surface area contributed by atoms with Crippen molar-refractivity contribution in [3.8, 4) is 0 Å². The Kier molecular flexibility index (Phi) is 7.53. The van der Waals surface area contributed by atoms with E-state index in [1.165, 1.54) is 5.56 Å². The van der Waals surface area contributed by atoms with E-state index < -0.39 is 0 Å². The number of likely N-dealkylation sites (tertiary alicyclic amines) is 1. The molecule has 1 aromatic carbocycles.